The van der Waals surface area contributed by atoms with Crippen LogP contribution < -0.4 is 19.7 Å². The van der Waals surface area contributed by atoms with Gasteiger partial charge in [-0.2, -0.15) is 12.7 Å². The summed E-state index contributed by atoms with van der Waals surface area (Å²) in [6, 6.07) is 19.8. The standard InChI is InChI=1S/C54H57F3N10O8S2/c1-31(2)47(54(71)67-29-39(68)23-44(67)53(70)60-25-33-4-6-35(7-5-33)51-32(3)61-30-76-51)45-24-46(62-75-45)74-21-20-64-16-18-65(19-17-64)38-10-8-34(9-11-38)36-22-40-41(27-59-52(40)58-26-36)50(69)48-42(56)12-13-43(49(48)57)63-77(72,73)66-15-14-37(55)28-66/h4-13,22,24,26-27,30-31,37,39,44,47,63,68H,14-21,23,25,28-29H2,1-3H3,(H,58,59)(H,60,70)/t37-,39-,44+,47-/m1/s1. The molecule has 4 aromatic heterocycles. The number of benzene rings is 3. The fourth-order valence-corrected chi connectivity index (χ4v) is 12.3. The molecular weight excluding hydrogens is 1040 g/mol. The van der Waals surface area contributed by atoms with E-state index in [0.717, 1.165) is 75.6 Å². The Bertz CT molecular complexity index is 3400. The second-order valence-electron chi connectivity index (χ2n) is 19.9. The number of hydrogen-bond donors (Lipinski definition) is 4. The van der Waals surface area contributed by atoms with E-state index in [-0.39, 0.29) is 61.7 Å². The van der Waals surface area contributed by atoms with Crippen LogP contribution in [-0.4, -0.2) is 143 Å². The Morgan fingerprint density at radius 1 is 0.948 bits per heavy atom. The number of piperazine rings is 1. The van der Waals surface area contributed by atoms with Gasteiger partial charge >= 0.3 is 10.2 Å². The number of aromatic amines is 1. The van der Waals surface area contributed by atoms with E-state index < -0.39 is 69.7 Å². The van der Waals surface area contributed by atoms with Gasteiger partial charge in [-0.05, 0) is 71.4 Å². The van der Waals surface area contributed by atoms with E-state index in [4.69, 9.17) is 9.26 Å². The van der Waals surface area contributed by atoms with Gasteiger partial charge in [-0.15, -0.1) is 11.3 Å². The lowest BCUT2D eigenvalue weighted by atomic mass is 9.91. The Labute approximate surface area is 446 Å². The summed E-state index contributed by atoms with van der Waals surface area (Å²) in [4.78, 5) is 60.2. The largest absolute Gasteiger partial charge is 0.474 e. The molecule has 3 aliphatic rings. The number of H-pyrrole nitrogens is 1. The van der Waals surface area contributed by atoms with Gasteiger partial charge in [0.2, 0.25) is 17.6 Å². The maximum Gasteiger partial charge on any atom is 0.301 e. The van der Waals surface area contributed by atoms with Crippen LogP contribution in [0.3, 0.4) is 0 Å². The number of aryl methyl sites for hydroxylation is 1. The van der Waals surface area contributed by atoms with E-state index >= 15 is 8.78 Å². The number of pyridine rings is 1. The number of rotatable bonds is 18. The van der Waals surface area contributed by atoms with Crippen molar-refractivity contribution >= 4 is 61.6 Å². The van der Waals surface area contributed by atoms with Gasteiger partial charge in [0.15, 0.2) is 11.6 Å². The Balaban J connectivity index is 0.706. The number of nitrogens with zero attached hydrogens (tertiary/aromatic N) is 7. The molecule has 10 rings (SSSR count). The summed E-state index contributed by atoms with van der Waals surface area (Å²) in [5.74, 6) is -4.72. The zero-order valence-corrected chi connectivity index (χ0v) is 44.1. The number of nitrogens with one attached hydrogen (secondary N) is 3. The maximum atomic E-state index is 15.8. The number of ketones is 1. The first-order valence-corrected chi connectivity index (χ1v) is 27.7. The Kier molecular flexibility index (Phi) is 15.5. The molecule has 18 nitrogen and oxygen atoms in total. The number of amides is 2. The number of anilines is 2. The summed E-state index contributed by atoms with van der Waals surface area (Å²) in [5.41, 5.74) is 5.77. The molecule has 7 aromatic rings. The number of likely N-dealkylation sites (tertiary alicyclic amines) is 1. The van der Waals surface area contributed by atoms with Crippen LogP contribution in [0, 0.1) is 24.5 Å². The molecule has 23 heteroatoms. The van der Waals surface area contributed by atoms with Crippen LogP contribution in [-0.2, 0) is 26.3 Å². The summed E-state index contributed by atoms with van der Waals surface area (Å²) >= 11 is 1.57. The smallest absolute Gasteiger partial charge is 0.301 e. The van der Waals surface area contributed by atoms with Crippen molar-refractivity contribution < 1.29 is 50.3 Å². The van der Waals surface area contributed by atoms with Crippen LogP contribution in [0.1, 0.15) is 65.5 Å². The highest BCUT2D eigenvalue weighted by atomic mass is 32.2. The second-order valence-corrected chi connectivity index (χ2v) is 22.4. The number of fused-ring (bicyclic) bond motifs is 1. The first-order chi connectivity index (χ1) is 37.0. The fourth-order valence-electron chi connectivity index (χ4n) is 10.2. The lowest BCUT2D eigenvalue weighted by molar-refractivity contribution is -0.141. The Morgan fingerprint density at radius 3 is 2.40 bits per heavy atom. The van der Waals surface area contributed by atoms with Crippen LogP contribution in [0.2, 0.25) is 0 Å². The third-order valence-corrected chi connectivity index (χ3v) is 16.9. The monoisotopic (exact) mass is 1090 g/mol. The molecule has 2 amide bonds. The maximum absolute atomic E-state index is 15.8. The SMILES string of the molecule is Cc1ncsc1-c1ccc(CNC(=O)[C@@H]2C[C@@H](O)CN2C(=O)[C@@H](c2cc(OCCN3CCN(c4ccc(-c5cnc6[nH]cc(C(=O)c7c(F)ccc(NS(=O)(=O)N8CC[C@@H](F)C8)c7F)c6c5)cc4)CC3)no2)C(C)C)cc1. The third kappa shape index (κ3) is 11.4. The molecule has 4 atom stereocenters. The summed E-state index contributed by atoms with van der Waals surface area (Å²) in [7, 11) is -4.38. The molecule has 404 valence electrons. The summed E-state index contributed by atoms with van der Waals surface area (Å²) in [6.45, 7) is 9.46. The highest BCUT2D eigenvalue weighted by molar-refractivity contribution is 7.90. The molecule has 3 saturated heterocycles. The topological polar surface area (TPSA) is 219 Å². The van der Waals surface area contributed by atoms with E-state index in [2.05, 4.69) is 35.2 Å². The molecule has 0 bridgehead atoms. The number of carbonyl (C=O) groups is 3. The minimum atomic E-state index is -4.38. The number of β-amino-alcohol motifs (C(OH)–C–C–N with tert-alkyl or cyclic N) is 1. The average Bonchev–Trinajstić information content (AvgIpc) is 4.32. The number of hydrogen-bond acceptors (Lipinski definition) is 14. The average molecular weight is 1100 g/mol. The van der Waals surface area contributed by atoms with Crippen molar-refractivity contribution in [2.45, 2.75) is 64.4 Å². The number of aliphatic hydroxyl groups excluding tert-OH is 1. The molecule has 0 spiro atoms. The van der Waals surface area contributed by atoms with Crippen molar-refractivity contribution in [2.75, 3.05) is 68.6 Å². The first-order valence-electron chi connectivity index (χ1n) is 25.4. The van der Waals surface area contributed by atoms with Gasteiger partial charge in [0.1, 0.15) is 36.2 Å². The molecule has 4 N–H and O–H groups in total. The molecule has 77 heavy (non-hydrogen) atoms. The number of aromatic nitrogens is 4. The predicted octanol–water partition coefficient (Wildman–Crippen LogP) is 7.08. The van der Waals surface area contributed by atoms with E-state index in [0.29, 0.717) is 35.5 Å². The van der Waals surface area contributed by atoms with Gasteiger partial charge in [-0.3, -0.25) is 24.0 Å². The molecule has 0 saturated carbocycles. The first kappa shape index (κ1) is 53.2. The molecule has 0 radical (unpaired) electrons. The van der Waals surface area contributed by atoms with Crippen LogP contribution in [0.5, 0.6) is 5.88 Å². The number of ether oxygens (including phenoxy) is 1. The molecule has 3 aliphatic heterocycles. The molecular formula is C54H57F3N10O8S2. The van der Waals surface area contributed by atoms with Crippen molar-refractivity contribution in [1.29, 1.82) is 0 Å². The van der Waals surface area contributed by atoms with Crippen LogP contribution in [0.15, 0.2) is 95.2 Å². The predicted molar refractivity (Wildman–Crippen MR) is 283 cm³/mol. The lowest BCUT2D eigenvalue weighted by Gasteiger charge is -2.36. The minimum absolute atomic E-state index is 0.00843. The van der Waals surface area contributed by atoms with E-state index in [9.17, 15) is 32.3 Å². The van der Waals surface area contributed by atoms with Crippen molar-refractivity contribution in [3.8, 4) is 27.4 Å². The van der Waals surface area contributed by atoms with Crippen molar-refractivity contribution in [2.24, 2.45) is 5.92 Å². The van der Waals surface area contributed by atoms with E-state index in [1.165, 1.54) is 11.1 Å². The van der Waals surface area contributed by atoms with Gasteiger partial charge in [-0.1, -0.05) is 50.2 Å². The highest BCUT2D eigenvalue weighted by Crippen LogP contribution is 2.35. The zero-order valence-electron chi connectivity index (χ0n) is 42.4. The van der Waals surface area contributed by atoms with Crippen LogP contribution in [0.4, 0.5) is 24.5 Å². The number of thiazole rings is 1. The second kappa shape index (κ2) is 22.4. The van der Waals surface area contributed by atoms with Crippen LogP contribution in [0.25, 0.3) is 32.6 Å². The number of halogens is 3. The van der Waals surface area contributed by atoms with Gasteiger partial charge < -0.3 is 34.5 Å². The molecule has 0 unspecified atom stereocenters. The van der Waals surface area contributed by atoms with Gasteiger partial charge in [0.25, 0.3) is 5.88 Å². The van der Waals surface area contributed by atoms with Crippen molar-refractivity contribution in [3.05, 3.63) is 130 Å². The van der Waals surface area contributed by atoms with Gasteiger partial charge in [-0.25, -0.2) is 23.1 Å². The van der Waals surface area contributed by atoms with Gasteiger partial charge in [0.05, 0.1) is 33.4 Å². The van der Waals surface area contributed by atoms with Gasteiger partial charge in [0, 0.05) is 106 Å². The number of carbonyl (C=O) groups excluding carboxylic acids is 3. The van der Waals surface area contributed by atoms with Crippen LogP contribution >= 0.6 is 11.3 Å². The lowest BCUT2D eigenvalue weighted by Crippen LogP contribution is -2.48. The molecule has 0 aliphatic carbocycles. The normalized spacial score (nSPS) is 18.8. The van der Waals surface area contributed by atoms with E-state index in [1.807, 2.05) is 79.5 Å². The summed E-state index contributed by atoms with van der Waals surface area (Å²) in [5, 5.41) is 18.0. The quantitative estimate of drug-likeness (QED) is 0.0633. The minimum Gasteiger partial charge on any atom is -0.474 e. The summed E-state index contributed by atoms with van der Waals surface area (Å²) in [6.07, 6.45) is 0.814. The Hall–Kier alpha value is -7.18. The van der Waals surface area contributed by atoms with Crippen molar-refractivity contribution in [3.63, 3.8) is 0 Å². The number of aliphatic hydroxyl groups is 1. The molecule has 3 fully saturated rings. The zero-order chi connectivity index (χ0) is 54.1. The number of alkyl halides is 1. The highest BCUT2D eigenvalue weighted by Gasteiger charge is 2.43. The van der Waals surface area contributed by atoms with Crippen molar-refractivity contribution in [1.82, 2.24) is 39.5 Å². The van der Waals surface area contributed by atoms with E-state index in [1.54, 1.807) is 29.7 Å². The third-order valence-electron chi connectivity index (χ3n) is 14.4. The Morgan fingerprint density at radius 2 is 1.70 bits per heavy atom. The fraction of sp³-hybridized carbons (Fsp3) is 0.370. The summed E-state index contributed by atoms with van der Waals surface area (Å²) < 4.78 is 85.0. The molecule has 7 heterocycles. The molecule has 3 aromatic carbocycles.